The minimum atomic E-state index is -0.233. The Hall–Kier alpha value is -1.94. The summed E-state index contributed by atoms with van der Waals surface area (Å²) in [6.07, 6.45) is 0. The lowest BCUT2D eigenvalue weighted by atomic mass is 10.1. The predicted octanol–water partition coefficient (Wildman–Crippen LogP) is 3.03. The van der Waals surface area contributed by atoms with E-state index < -0.39 is 0 Å². The fourth-order valence-electron chi connectivity index (χ4n) is 2.79. The molecule has 0 radical (unpaired) electrons. The number of fused-ring (bicyclic) bond motifs is 1. The van der Waals surface area contributed by atoms with Gasteiger partial charge in [-0.25, -0.2) is 4.99 Å². The Labute approximate surface area is 180 Å². The van der Waals surface area contributed by atoms with Crippen LogP contribution in [0, 0.1) is 6.92 Å². The zero-order chi connectivity index (χ0) is 18.5. The SMILES string of the molecule is CCNC(=NCc1sccc1C)NCCN1C(=O)c2ccccc2C1=O.I. The molecule has 3 rings (SSSR count). The van der Waals surface area contributed by atoms with Gasteiger partial charge in [-0.3, -0.25) is 14.5 Å². The van der Waals surface area contributed by atoms with Crippen LogP contribution in [0.3, 0.4) is 0 Å². The molecule has 1 aliphatic heterocycles. The van der Waals surface area contributed by atoms with E-state index in [0.717, 1.165) is 6.54 Å². The van der Waals surface area contributed by atoms with Gasteiger partial charge in [-0.1, -0.05) is 12.1 Å². The summed E-state index contributed by atoms with van der Waals surface area (Å²) in [5.41, 5.74) is 2.19. The molecule has 2 aromatic rings. The van der Waals surface area contributed by atoms with Crippen molar-refractivity contribution in [2.75, 3.05) is 19.6 Å². The fraction of sp³-hybridized carbons (Fsp3) is 0.316. The van der Waals surface area contributed by atoms with Gasteiger partial charge >= 0.3 is 0 Å². The van der Waals surface area contributed by atoms with Crippen LogP contribution >= 0.6 is 35.3 Å². The van der Waals surface area contributed by atoms with Gasteiger partial charge in [0, 0.05) is 24.5 Å². The molecule has 0 aliphatic carbocycles. The smallest absolute Gasteiger partial charge is 0.261 e. The van der Waals surface area contributed by atoms with Gasteiger partial charge in [0.05, 0.1) is 17.7 Å². The number of amides is 2. The average molecular weight is 498 g/mol. The van der Waals surface area contributed by atoms with Crippen molar-refractivity contribution in [2.45, 2.75) is 20.4 Å². The van der Waals surface area contributed by atoms with E-state index in [1.54, 1.807) is 35.6 Å². The van der Waals surface area contributed by atoms with E-state index in [1.807, 2.05) is 6.92 Å². The first-order valence-electron chi connectivity index (χ1n) is 8.62. The summed E-state index contributed by atoms with van der Waals surface area (Å²) in [5.74, 6) is 0.212. The van der Waals surface area contributed by atoms with Crippen LogP contribution in [0.25, 0.3) is 0 Å². The van der Waals surface area contributed by atoms with Crippen molar-refractivity contribution in [3.05, 3.63) is 57.3 Å². The number of hydrogen-bond donors (Lipinski definition) is 2. The molecule has 0 unspecified atom stereocenters. The van der Waals surface area contributed by atoms with E-state index in [-0.39, 0.29) is 35.8 Å². The Morgan fingerprint density at radius 1 is 1.11 bits per heavy atom. The molecule has 27 heavy (non-hydrogen) atoms. The van der Waals surface area contributed by atoms with Gasteiger partial charge in [-0.15, -0.1) is 35.3 Å². The number of nitrogens with one attached hydrogen (secondary N) is 2. The van der Waals surface area contributed by atoms with E-state index >= 15 is 0 Å². The summed E-state index contributed by atoms with van der Waals surface area (Å²) >= 11 is 1.69. The van der Waals surface area contributed by atoms with Crippen LogP contribution in [0.5, 0.6) is 0 Å². The fourth-order valence-corrected chi connectivity index (χ4v) is 3.62. The van der Waals surface area contributed by atoms with E-state index in [2.05, 4.69) is 34.0 Å². The second-order valence-electron chi connectivity index (χ2n) is 5.96. The number of aryl methyl sites for hydroxylation is 1. The summed E-state index contributed by atoms with van der Waals surface area (Å²) < 4.78 is 0. The quantitative estimate of drug-likeness (QED) is 0.278. The molecule has 2 heterocycles. The summed E-state index contributed by atoms with van der Waals surface area (Å²) in [4.78, 5) is 31.8. The van der Waals surface area contributed by atoms with Gasteiger partial charge in [-0.05, 0) is 43.0 Å². The maximum atomic E-state index is 12.4. The van der Waals surface area contributed by atoms with Crippen molar-refractivity contribution in [3.8, 4) is 0 Å². The average Bonchev–Trinajstić information content (AvgIpc) is 3.16. The molecule has 1 aromatic carbocycles. The van der Waals surface area contributed by atoms with Crippen LogP contribution in [0.2, 0.25) is 0 Å². The molecule has 144 valence electrons. The molecule has 0 saturated carbocycles. The molecule has 0 atom stereocenters. The van der Waals surface area contributed by atoms with Gasteiger partial charge in [0.2, 0.25) is 0 Å². The third-order valence-electron chi connectivity index (χ3n) is 4.20. The molecule has 0 bridgehead atoms. The maximum Gasteiger partial charge on any atom is 0.261 e. The van der Waals surface area contributed by atoms with Crippen LogP contribution in [-0.2, 0) is 6.54 Å². The molecule has 1 aliphatic rings. The summed E-state index contributed by atoms with van der Waals surface area (Å²) in [5, 5.41) is 8.44. The predicted molar refractivity (Wildman–Crippen MR) is 119 cm³/mol. The number of imide groups is 1. The zero-order valence-corrected chi connectivity index (χ0v) is 18.5. The number of guanidine groups is 1. The van der Waals surface area contributed by atoms with Crippen molar-refractivity contribution in [1.82, 2.24) is 15.5 Å². The Morgan fingerprint density at radius 2 is 1.78 bits per heavy atom. The lowest BCUT2D eigenvalue weighted by Gasteiger charge is -2.16. The lowest BCUT2D eigenvalue weighted by Crippen LogP contribution is -2.43. The second kappa shape index (κ2) is 9.84. The van der Waals surface area contributed by atoms with Crippen LogP contribution in [0.4, 0.5) is 0 Å². The Kier molecular flexibility index (Phi) is 7.78. The van der Waals surface area contributed by atoms with E-state index in [9.17, 15) is 9.59 Å². The van der Waals surface area contributed by atoms with Gasteiger partial charge < -0.3 is 10.6 Å². The number of hydrogen-bond acceptors (Lipinski definition) is 4. The standard InChI is InChI=1S/C19H22N4O2S.HI/c1-3-20-19(22-12-16-13(2)8-11-26-16)21-9-10-23-17(24)14-6-4-5-7-15(14)18(23)25;/h4-8,11H,3,9-10,12H2,1-2H3,(H2,20,21,22);1H. The van der Waals surface area contributed by atoms with Crippen LogP contribution < -0.4 is 10.6 Å². The molecule has 2 N–H and O–H groups in total. The number of carbonyl (C=O) groups is 2. The molecule has 0 fully saturated rings. The maximum absolute atomic E-state index is 12.4. The van der Waals surface area contributed by atoms with Gasteiger partial charge in [-0.2, -0.15) is 0 Å². The zero-order valence-electron chi connectivity index (χ0n) is 15.3. The van der Waals surface area contributed by atoms with Crippen molar-refractivity contribution >= 4 is 53.1 Å². The highest BCUT2D eigenvalue weighted by molar-refractivity contribution is 14.0. The third kappa shape index (κ3) is 4.86. The molecular formula is C19H23IN4O2S. The van der Waals surface area contributed by atoms with Gasteiger partial charge in [0.25, 0.3) is 11.8 Å². The van der Waals surface area contributed by atoms with Gasteiger partial charge in [0.1, 0.15) is 0 Å². The number of aliphatic imine (C=N–C) groups is 1. The summed E-state index contributed by atoms with van der Waals surface area (Å²) in [6, 6.07) is 9.01. The number of rotatable bonds is 6. The monoisotopic (exact) mass is 498 g/mol. The minimum Gasteiger partial charge on any atom is -0.357 e. The van der Waals surface area contributed by atoms with Crippen molar-refractivity contribution in [1.29, 1.82) is 0 Å². The summed E-state index contributed by atoms with van der Waals surface area (Å²) in [6.45, 7) is 6.16. The number of benzene rings is 1. The van der Waals surface area contributed by atoms with Crippen molar-refractivity contribution < 1.29 is 9.59 Å². The second-order valence-corrected chi connectivity index (χ2v) is 6.96. The first-order chi connectivity index (χ1) is 12.6. The molecule has 6 nitrogen and oxygen atoms in total. The molecule has 0 spiro atoms. The number of nitrogens with zero attached hydrogens (tertiary/aromatic N) is 2. The first kappa shape index (κ1) is 21.4. The van der Waals surface area contributed by atoms with Crippen molar-refractivity contribution in [3.63, 3.8) is 0 Å². The largest absolute Gasteiger partial charge is 0.357 e. The molecule has 1 aromatic heterocycles. The highest BCUT2D eigenvalue weighted by atomic mass is 127. The van der Waals surface area contributed by atoms with Crippen LogP contribution in [0.15, 0.2) is 40.7 Å². The first-order valence-corrected chi connectivity index (χ1v) is 9.50. The number of carbonyl (C=O) groups excluding carboxylic acids is 2. The number of thiophene rings is 1. The van der Waals surface area contributed by atoms with Gasteiger partial charge in [0.15, 0.2) is 5.96 Å². The highest BCUT2D eigenvalue weighted by Crippen LogP contribution is 2.21. The Morgan fingerprint density at radius 3 is 2.33 bits per heavy atom. The Balaban J connectivity index is 0.00000261. The highest BCUT2D eigenvalue weighted by Gasteiger charge is 2.34. The lowest BCUT2D eigenvalue weighted by molar-refractivity contribution is 0.0657. The molecule has 8 heteroatoms. The van der Waals surface area contributed by atoms with E-state index in [4.69, 9.17) is 0 Å². The van der Waals surface area contributed by atoms with E-state index in [0.29, 0.717) is 36.7 Å². The van der Waals surface area contributed by atoms with Crippen LogP contribution in [-0.4, -0.2) is 42.3 Å². The van der Waals surface area contributed by atoms with Crippen molar-refractivity contribution in [2.24, 2.45) is 4.99 Å². The number of halogens is 1. The van der Waals surface area contributed by atoms with Crippen LogP contribution in [0.1, 0.15) is 38.1 Å². The summed E-state index contributed by atoms with van der Waals surface area (Å²) in [7, 11) is 0. The topological polar surface area (TPSA) is 73.8 Å². The third-order valence-corrected chi connectivity index (χ3v) is 5.21. The van der Waals surface area contributed by atoms with E-state index in [1.165, 1.54) is 15.3 Å². The normalized spacial score (nSPS) is 13.4. The molecule has 0 saturated heterocycles. The Bertz CT molecular complexity index is 815. The minimum absolute atomic E-state index is 0. The molecular weight excluding hydrogens is 475 g/mol. The molecule has 2 amide bonds.